The quantitative estimate of drug-likeness (QED) is 0.560. The summed E-state index contributed by atoms with van der Waals surface area (Å²) in [7, 11) is 0. The fraction of sp³-hybridized carbons (Fsp3) is 0.429. The zero-order valence-corrected chi connectivity index (χ0v) is 20.4. The second kappa shape index (κ2) is 8.91. The van der Waals surface area contributed by atoms with E-state index in [0.29, 0.717) is 19.0 Å². The Hall–Kier alpha value is -3.12. The van der Waals surface area contributed by atoms with Crippen LogP contribution in [-0.4, -0.2) is 49.1 Å². The van der Waals surface area contributed by atoms with Gasteiger partial charge in [-0.3, -0.25) is 4.79 Å². The van der Waals surface area contributed by atoms with Crippen LogP contribution >= 0.6 is 0 Å². The van der Waals surface area contributed by atoms with E-state index in [1.54, 1.807) is 0 Å². The largest absolute Gasteiger partial charge is 0.382 e. The number of morpholine rings is 1. The van der Waals surface area contributed by atoms with Gasteiger partial charge in [0.15, 0.2) is 0 Å². The third kappa shape index (κ3) is 4.00. The van der Waals surface area contributed by atoms with Crippen molar-refractivity contribution in [3.8, 4) is 11.1 Å². The first-order valence-corrected chi connectivity index (χ1v) is 12.2. The van der Waals surface area contributed by atoms with Crippen LogP contribution in [0.2, 0.25) is 0 Å². The number of anilines is 2. The van der Waals surface area contributed by atoms with Crippen LogP contribution in [0.5, 0.6) is 0 Å². The summed E-state index contributed by atoms with van der Waals surface area (Å²) in [6.07, 6.45) is 3.16. The molecule has 0 spiro atoms. The van der Waals surface area contributed by atoms with Gasteiger partial charge < -0.3 is 20.3 Å². The van der Waals surface area contributed by atoms with Gasteiger partial charge in [-0.25, -0.2) is 4.98 Å². The van der Waals surface area contributed by atoms with Crippen molar-refractivity contribution in [2.45, 2.75) is 39.7 Å². The van der Waals surface area contributed by atoms with E-state index in [1.165, 1.54) is 16.7 Å². The van der Waals surface area contributed by atoms with Gasteiger partial charge in [0.2, 0.25) is 6.41 Å². The molecule has 1 atom stereocenters. The number of pyridine rings is 1. The van der Waals surface area contributed by atoms with E-state index in [4.69, 9.17) is 15.5 Å². The Balaban J connectivity index is 1.64. The van der Waals surface area contributed by atoms with Gasteiger partial charge in [0.05, 0.1) is 30.5 Å². The Bertz CT molecular complexity index is 1220. The summed E-state index contributed by atoms with van der Waals surface area (Å²) in [5.74, 6) is 0.560. The number of carbonyl (C=O) groups excluding carboxylic acids is 1. The molecule has 2 N–H and O–H groups in total. The molecule has 2 aliphatic heterocycles. The molecular weight excluding hydrogens is 424 g/mol. The van der Waals surface area contributed by atoms with Crippen LogP contribution in [0.1, 0.15) is 43.9 Å². The fourth-order valence-electron chi connectivity index (χ4n) is 5.85. The minimum atomic E-state index is -0.00192. The van der Waals surface area contributed by atoms with Crippen molar-refractivity contribution in [3.05, 3.63) is 53.6 Å². The highest BCUT2D eigenvalue weighted by Crippen LogP contribution is 2.48. The number of ether oxygens (including phenoxy) is 1. The summed E-state index contributed by atoms with van der Waals surface area (Å²) in [4.78, 5) is 21.0. The van der Waals surface area contributed by atoms with E-state index >= 15 is 0 Å². The zero-order valence-electron chi connectivity index (χ0n) is 20.4. The average Bonchev–Trinajstić information content (AvgIpc) is 2.83. The molecule has 2 saturated heterocycles. The first kappa shape index (κ1) is 22.7. The minimum Gasteiger partial charge on any atom is -0.382 e. The first-order valence-electron chi connectivity index (χ1n) is 12.2. The van der Waals surface area contributed by atoms with Crippen LogP contribution in [0.15, 0.2) is 42.5 Å². The molecule has 2 aromatic carbocycles. The fourth-order valence-corrected chi connectivity index (χ4v) is 5.85. The third-order valence-electron chi connectivity index (χ3n) is 7.51. The summed E-state index contributed by atoms with van der Waals surface area (Å²) in [5.41, 5.74) is 13.0. The molecule has 5 rings (SSSR count). The number of amides is 1. The van der Waals surface area contributed by atoms with Crippen LogP contribution in [0.25, 0.3) is 22.0 Å². The number of fused-ring (bicyclic) bond motifs is 1. The second-order valence-corrected chi connectivity index (χ2v) is 10.3. The van der Waals surface area contributed by atoms with Gasteiger partial charge in [-0.2, -0.15) is 0 Å². The van der Waals surface area contributed by atoms with Gasteiger partial charge in [-0.05, 0) is 65.6 Å². The standard InChI is InChI=1S/C28H34N4O2/c1-19-6-4-7-22(26-28(2,3)10-5-11-32(26)18-33)25(19)20-8-9-23-21(16-20)17-24(27(29)30-23)31-12-14-34-15-13-31/h4,6-9,16-18,26H,5,10-15H2,1-3H3,(H2,29,30). The molecule has 0 saturated carbocycles. The van der Waals surface area contributed by atoms with Crippen LogP contribution < -0.4 is 10.6 Å². The molecule has 0 radical (unpaired) electrons. The van der Waals surface area contributed by atoms with Crippen molar-refractivity contribution in [1.82, 2.24) is 9.88 Å². The Morgan fingerprint density at radius 2 is 1.91 bits per heavy atom. The maximum absolute atomic E-state index is 12.1. The number of nitrogens with zero attached hydrogens (tertiary/aromatic N) is 3. The molecule has 6 heteroatoms. The number of carbonyl (C=O) groups is 1. The van der Waals surface area contributed by atoms with Crippen molar-refractivity contribution in [3.63, 3.8) is 0 Å². The van der Waals surface area contributed by atoms with Crippen LogP contribution in [-0.2, 0) is 9.53 Å². The molecule has 178 valence electrons. The number of likely N-dealkylation sites (tertiary alicyclic amines) is 1. The van der Waals surface area contributed by atoms with Gasteiger partial charge in [0.25, 0.3) is 0 Å². The lowest BCUT2D eigenvalue weighted by molar-refractivity contribution is -0.125. The molecule has 2 aliphatic rings. The van der Waals surface area contributed by atoms with Crippen molar-refractivity contribution in [1.29, 1.82) is 0 Å². The Morgan fingerprint density at radius 1 is 1.12 bits per heavy atom. The summed E-state index contributed by atoms with van der Waals surface area (Å²) in [6.45, 7) is 10.6. The van der Waals surface area contributed by atoms with Crippen molar-refractivity contribution >= 4 is 28.8 Å². The normalized spacial score (nSPS) is 20.5. The van der Waals surface area contributed by atoms with E-state index in [1.807, 2.05) is 4.90 Å². The number of aryl methyl sites for hydroxylation is 1. The molecular formula is C28H34N4O2. The molecule has 3 aromatic rings. The van der Waals surface area contributed by atoms with E-state index in [9.17, 15) is 4.79 Å². The van der Waals surface area contributed by atoms with E-state index < -0.39 is 0 Å². The number of hydrogen-bond acceptors (Lipinski definition) is 5. The summed E-state index contributed by atoms with van der Waals surface area (Å²) in [6, 6.07) is 15.1. The van der Waals surface area contributed by atoms with Gasteiger partial charge in [0.1, 0.15) is 5.82 Å². The van der Waals surface area contributed by atoms with E-state index in [2.05, 4.69) is 68.1 Å². The van der Waals surface area contributed by atoms with E-state index in [0.717, 1.165) is 61.0 Å². The SMILES string of the molecule is Cc1cccc(C2N(C=O)CCCC2(C)C)c1-c1ccc2nc(N)c(N3CCOCC3)cc2c1. The molecule has 3 heterocycles. The lowest BCUT2D eigenvalue weighted by Crippen LogP contribution is -2.42. The summed E-state index contributed by atoms with van der Waals surface area (Å²) < 4.78 is 5.51. The van der Waals surface area contributed by atoms with Crippen LogP contribution in [0, 0.1) is 12.3 Å². The molecule has 6 nitrogen and oxygen atoms in total. The second-order valence-electron chi connectivity index (χ2n) is 10.3. The summed E-state index contributed by atoms with van der Waals surface area (Å²) in [5, 5.41) is 1.07. The highest BCUT2D eigenvalue weighted by atomic mass is 16.5. The number of nitrogens with two attached hydrogens (primary N) is 1. The number of piperidine rings is 1. The van der Waals surface area contributed by atoms with Gasteiger partial charge in [0, 0.05) is 25.0 Å². The van der Waals surface area contributed by atoms with Crippen molar-refractivity contribution in [2.75, 3.05) is 43.5 Å². The number of rotatable bonds is 4. The van der Waals surface area contributed by atoms with Crippen LogP contribution in [0.4, 0.5) is 11.5 Å². The molecule has 1 amide bonds. The van der Waals surface area contributed by atoms with Crippen LogP contribution in [0.3, 0.4) is 0 Å². The van der Waals surface area contributed by atoms with Crippen molar-refractivity contribution < 1.29 is 9.53 Å². The lowest BCUT2D eigenvalue weighted by atomic mass is 9.71. The third-order valence-corrected chi connectivity index (χ3v) is 7.51. The molecule has 1 aromatic heterocycles. The Morgan fingerprint density at radius 3 is 2.68 bits per heavy atom. The minimum absolute atomic E-state index is 0.00192. The summed E-state index contributed by atoms with van der Waals surface area (Å²) >= 11 is 0. The highest BCUT2D eigenvalue weighted by Gasteiger charge is 2.39. The predicted molar refractivity (Wildman–Crippen MR) is 138 cm³/mol. The number of nitrogen functional groups attached to an aromatic ring is 1. The topological polar surface area (TPSA) is 71.7 Å². The Kier molecular flexibility index (Phi) is 5.94. The molecule has 2 fully saturated rings. The molecule has 0 bridgehead atoms. The van der Waals surface area contributed by atoms with Gasteiger partial charge >= 0.3 is 0 Å². The molecule has 1 unspecified atom stereocenters. The smallest absolute Gasteiger partial charge is 0.210 e. The maximum Gasteiger partial charge on any atom is 0.210 e. The number of aromatic nitrogens is 1. The Labute approximate surface area is 201 Å². The van der Waals surface area contributed by atoms with Crippen molar-refractivity contribution in [2.24, 2.45) is 5.41 Å². The average molecular weight is 459 g/mol. The highest BCUT2D eigenvalue weighted by molar-refractivity contribution is 5.91. The lowest BCUT2D eigenvalue weighted by Gasteiger charge is -2.46. The predicted octanol–water partition coefficient (Wildman–Crippen LogP) is 4.95. The number of hydrogen-bond donors (Lipinski definition) is 1. The monoisotopic (exact) mass is 458 g/mol. The zero-order chi connectivity index (χ0) is 23.9. The van der Waals surface area contributed by atoms with Gasteiger partial charge in [-0.15, -0.1) is 0 Å². The number of benzene rings is 2. The maximum atomic E-state index is 12.1. The molecule has 0 aliphatic carbocycles. The molecule has 34 heavy (non-hydrogen) atoms. The first-order chi connectivity index (χ1) is 16.4. The van der Waals surface area contributed by atoms with E-state index in [-0.39, 0.29) is 11.5 Å². The van der Waals surface area contributed by atoms with Gasteiger partial charge in [-0.1, -0.05) is 38.1 Å².